The molecule has 0 amide bonds. The molecule has 72 valence electrons. The van der Waals surface area contributed by atoms with Crippen molar-refractivity contribution in [3.63, 3.8) is 0 Å². The molecule has 0 radical (unpaired) electrons. The van der Waals surface area contributed by atoms with Gasteiger partial charge >= 0.3 is 0 Å². The second-order valence-corrected chi connectivity index (χ2v) is 3.61. The van der Waals surface area contributed by atoms with Crippen LogP contribution in [0.2, 0.25) is 0 Å². The van der Waals surface area contributed by atoms with Gasteiger partial charge in [0.25, 0.3) is 0 Å². The van der Waals surface area contributed by atoms with Crippen LogP contribution in [0.4, 0.5) is 0 Å². The van der Waals surface area contributed by atoms with Crippen LogP contribution < -0.4 is 5.43 Å². The van der Waals surface area contributed by atoms with Crippen molar-refractivity contribution in [2.24, 2.45) is 0 Å². The molecule has 5 heteroatoms. The summed E-state index contributed by atoms with van der Waals surface area (Å²) in [5.74, 6) is 0. The van der Waals surface area contributed by atoms with Gasteiger partial charge in [-0.05, 0) is 12.1 Å². The molecule has 2 aromatic rings. The molecule has 4 nitrogen and oxygen atoms in total. The fraction of sp³-hybridized carbons (Fsp3) is 0. The lowest BCUT2D eigenvalue weighted by molar-refractivity contribution is 0.546. The van der Waals surface area contributed by atoms with E-state index in [9.17, 15) is 9.00 Å². The summed E-state index contributed by atoms with van der Waals surface area (Å²) in [7, 11) is 0. The third kappa shape index (κ3) is 1.36. The maximum Gasteiger partial charge on any atom is 0.211 e. The summed E-state index contributed by atoms with van der Waals surface area (Å²) >= 11 is -2.30. The SMILES string of the molecule is O=c1c(S(=O)O)coc2ccccc12. The minimum Gasteiger partial charge on any atom is -0.463 e. The van der Waals surface area contributed by atoms with Crippen molar-refractivity contribution in [2.45, 2.75) is 4.90 Å². The van der Waals surface area contributed by atoms with E-state index in [4.69, 9.17) is 8.97 Å². The van der Waals surface area contributed by atoms with E-state index >= 15 is 0 Å². The molecular formula is C9H6O4S. The number of fused-ring (bicyclic) bond motifs is 1. The maximum absolute atomic E-state index is 11.6. The molecule has 1 N–H and O–H groups in total. The molecule has 1 unspecified atom stereocenters. The van der Waals surface area contributed by atoms with E-state index in [0.717, 1.165) is 6.26 Å². The summed E-state index contributed by atoms with van der Waals surface area (Å²) in [6.45, 7) is 0. The van der Waals surface area contributed by atoms with Crippen LogP contribution in [0.3, 0.4) is 0 Å². The third-order valence-electron chi connectivity index (χ3n) is 1.84. The Bertz CT molecular complexity index is 558. The molecule has 1 aromatic carbocycles. The molecule has 0 aliphatic carbocycles. The summed E-state index contributed by atoms with van der Waals surface area (Å²) in [6, 6.07) is 6.57. The summed E-state index contributed by atoms with van der Waals surface area (Å²) in [4.78, 5) is 11.3. The van der Waals surface area contributed by atoms with E-state index in [1.54, 1.807) is 24.3 Å². The average molecular weight is 210 g/mol. The van der Waals surface area contributed by atoms with E-state index < -0.39 is 16.5 Å². The molecule has 0 saturated heterocycles. The molecule has 14 heavy (non-hydrogen) atoms. The quantitative estimate of drug-likeness (QED) is 0.722. The highest BCUT2D eigenvalue weighted by atomic mass is 32.2. The van der Waals surface area contributed by atoms with E-state index in [1.165, 1.54) is 0 Å². The Morgan fingerprint density at radius 2 is 2.00 bits per heavy atom. The molecule has 0 spiro atoms. The molecule has 0 aliphatic heterocycles. The topological polar surface area (TPSA) is 67.5 Å². The Kier molecular flexibility index (Phi) is 2.18. The Morgan fingerprint density at radius 1 is 1.29 bits per heavy atom. The summed E-state index contributed by atoms with van der Waals surface area (Å²) in [6.07, 6.45) is 1.01. The van der Waals surface area contributed by atoms with Gasteiger partial charge in [0.2, 0.25) is 5.43 Å². The highest BCUT2D eigenvalue weighted by Crippen LogP contribution is 2.11. The molecule has 1 aromatic heterocycles. The first kappa shape index (κ1) is 9.11. The van der Waals surface area contributed by atoms with Crippen molar-refractivity contribution in [1.82, 2.24) is 0 Å². The van der Waals surface area contributed by atoms with Gasteiger partial charge in [-0.1, -0.05) is 12.1 Å². The molecule has 0 bridgehead atoms. The fourth-order valence-electron chi connectivity index (χ4n) is 1.18. The van der Waals surface area contributed by atoms with Gasteiger partial charge in [-0.15, -0.1) is 0 Å². The van der Waals surface area contributed by atoms with Gasteiger partial charge in [-0.25, -0.2) is 4.21 Å². The number of hydrogen-bond donors (Lipinski definition) is 1. The fourth-order valence-corrected chi connectivity index (χ4v) is 1.58. The van der Waals surface area contributed by atoms with E-state index in [1.807, 2.05) is 0 Å². The Balaban J connectivity index is 2.89. The lowest BCUT2D eigenvalue weighted by atomic mass is 10.2. The first-order valence-electron chi connectivity index (χ1n) is 3.81. The molecule has 0 saturated carbocycles. The van der Waals surface area contributed by atoms with Gasteiger partial charge in [-0.2, -0.15) is 0 Å². The summed E-state index contributed by atoms with van der Waals surface area (Å²) in [5, 5.41) is 0.312. The number of hydrogen-bond acceptors (Lipinski definition) is 3. The van der Waals surface area contributed by atoms with E-state index in [0.29, 0.717) is 11.0 Å². The average Bonchev–Trinajstić information content (AvgIpc) is 2.18. The monoisotopic (exact) mass is 210 g/mol. The minimum atomic E-state index is -2.30. The number of rotatable bonds is 1. The van der Waals surface area contributed by atoms with Crippen molar-refractivity contribution in [1.29, 1.82) is 0 Å². The van der Waals surface area contributed by atoms with E-state index in [-0.39, 0.29) is 4.90 Å². The van der Waals surface area contributed by atoms with Gasteiger partial charge in [-0.3, -0.25) is 4.79 Å². The zero-order valence-electron chi connectivity index (χ0n) is 6.97. The van der Waals surface area contributed by atoms with Crippen molar-refractivity contribution < 1.29 is 13.2 Å². The maximum atomic E-state index is 11.6. The lowest BCUT2D eigenvalue weighted by Gasteiger charge is -1.97. The Labute approximate surface area is 81.5 Å². The summed E-state index contributed by atoms with van der Waals surface area (Å²) in [5.41, 5.74) is -0.0561. The summed E-state index contributed by atoms with van der Waals surface area (Å²) < 4.78 is 24.5. The van der Waals surface area contributed by atoms with Crippen molar-refractivity contribution in [3.8, 4) is 0 Å². The van der Waals surface area contributed by atoms with Crippen LogP contribution in [0, 0.1) is 0 Å². The van der Waals surface area contributed by atoms with Crippen LogP contribution in [0.15, 0.2) is 44.6 Å². The standard InChI is InChI=1S/C9H6O4S/c10-9-6-3-1-2-4-7(6)13-5-8(9)14(11)12/h1-5H,(H,11,12). The zero-order valence-corrected chi connectivity index (χ0v) is 7.78. The number of para-hydroxylation sites is 1. The highest BCUT2D eigenvalue weighted by Gasteiger charge is 2.10. The smallest absolute Gasteiger partial charge is 0.211 e. The Hall–Kier alpha value is -1.46. The van der Waals surface area contributed by atoms with Crippen LogP contribution in [0.1, 0.15) is 0 Å². The molecular weight excluding hydrogens is 204 g/mol. The zero-order chi connectivity index (χ0) is 10.1. The van der Waals surface area contributed by atoms with Crippen molar-refractivity contribution in [2.75, 3.05) is 0 Å². The highest BCUT2D eigenvalue weighted by molar-refractivity contribution is 7.79. The third-order valence-corrected chi connectivity index (χ3v) is 2.49. The first-order chi connectivity index (χ1) is 6.70. The molecule has 2 rings (SSSR count). The van der Waals surface area contributed by atoms with Gasteiger partial charge < -0.3 is 8.97 Å². The molecule has 0 aliphatic rings. The van der Waals surface area contributed by atoms with Gasteiger partial charge in [0.1, 0.15) is 16.7 Å². The van der Waals surface area contributed by atoms with Crippen LogP contribution in [0.5, 0.6) is 0 Å². The molecule has 0 fully saturated rings. The number of benzene rings is 1. The van der Waals surface area contributed by atoms with Gasteiger partial charge in [0.05, 0.1) is 5.39 Å². The molecule has 1 heterocycles. The van der Waals surface area contributed by atoms with Crippen molar-refractivity contribution >= 4 is 22.0 Å². The predicted octanol–water partition coefficient (Wildman–Crippen LogP) is 1.37. The predicted molar refractivity (Wildman–Crippen MR) is 51.5 cm³/mol. The van der Waals surface area contributed by atoms with Crippen LogP contribution in [-0.2, 0) is 11.1 Å². The lowest BCUT2D eigenvalue weighted by Crippen LogP contribution is -2.09. The van der Waals surface area contributed by atoms with E-state index in [2.05, 4.69) is 0 Å². The van der Waals surface area contributed by atoms with Gasteiger partial charge in [0.15, 0.2) is 11.1 Å². The first-order valence-corrected chi connectivity index (χ1v) is 4.92. The van der Waals surface area contributed by atoms with Crippen LogP contribution in [-0.4, -0.2) is 8.76 Å². The minimum absolute atomic E-state index is 0.233. The normalized spacial score (nSPS) is 12.9. The van der Waals surface area contributed by atoms with Gasteiger partial charge in [0, 0.05) is 0 Å². The van der Waals surface area contributed by atoms with Crippen LogP contribution >= 0.6 is 0 Å². The Morgan fingerprint density at radius 3 is 2.71 bits per heavy atom. The largest absolute Gasteiger partial charge is 0.463 e. The second kappa shape index (κ2) is 3.36. The van der Waals surface area contributed by atoms with Crippen molar-refractivity contribution in [3.05, 3.63) is 40.8 Å². The van der Waals surface area contributed by atoms with Crippen LogP contribution in [0.25, 0.3) is 11.0 Å². The molecule has 1 atom stereocenters. The second-order valence-electron chi connectivity index (χ2n) is 2.67.